The van der Waals surface area contributed by atoms with E-state index >= 15 is 0 Å². The molecule has 5 rings (SSSR count). The van der Waals surface area contributed by atoms with E-state index in [0.717, 1.165) is 4.47 Å². The minimum atomic E-state index is -3.72. The van der Waals surface area contributed by atoms with Crippen LogP contribution >= 0.6 is 15.9 Å². The number of hydrogen-bond acceptors (Lipinski definition) is 7. The van der Waals surface area contributed by atoms with Crippen molar-refractivity contribution in [2.24, 2.45) is 7.05 Å². The zero-order valence-corrected chi connectivity index (χ0v) is 21.6. The number of nitrogens with zero attached hydrogens (tertiary/aromatic N) is 3. The summed E-state index contributed by atoms with van der Waals surface area (Å²) < 4.78 is 49.2. The van der Waals surface area contributed by atoms with Crippen LogP contribution in [0.25, 0.3) is 33.8 Å². The zero-order chi connectivity index (χ0) is 26.2. The number of carbonyl (C=O) groups is 1. The van der Waals surface area contributed by atoms with Crippen LogP contribution in [0.5, 0.6) is 11.5 Å². The molecule has 0 fully saturated rings. The Morgan fingerprint density at radius 1 is 1.06 bits per heavy atom. The van der Waals surface area contributed by atoms with Gasteiger partial charge in [-0.2, -0.15) is 5.10 Å². The first kappa shape index (κ1) is 25.4. The number of alkyl halides is 2. The summed E-state index contributed by atoms with van der Waals surface area (Å²) in [6.45, 7) is 5.69. The molecule has 2 aromatic heterocycles. The van der Waals surface area contributed by atoms with Crippen molar-refractivity contribution in [1.82, 2.24) is 14.8 Å². The SMILES string of the molecule is CC.COC(=O)c1cc(-c2ccc(Br)cc2-c2oc(C)nc2-c2ccc3c(c2)OC(F)(F)O3)n(C)n1. The molecule has 0 saturated carbocycles. The number of oxazole rings is 1. The lowest BCUT2D eigenvalue weighted by molar-refractivity contribution is -0.286. The van der Waals surface area contributed by atoms with E-state index in [1.807, 2.05) is 32.0 Å². The van der Waals surface area contributed by atoms with E-state index in [1.165, 1.54) is 19.2 Å². The number of fused-ring (bicyclic) bond motifs is 1. The van der Waals surface area contributed by atoms with Crippen molar-refractivity contribution in [3.63, 3.8) is 0 Å². The van der Waals surface area contributed by atoms with Gasteiger partial charge in [0.05, 0.1) is 12.8 Å². The molecule has 0 saturated heterocycles. The van der Waals surface area contributed by atoms with Gasteiger partial charge in [-0.3, -0.25) is 4.68 Å². The van der Waals surface area contributed by atoms with E-state index in [4.69, 9.17) is 9.15 Å². The predicted octanol–water partition coefficient (Wildman–Crippen LogP) is 6.61. The molecule has 8 nitrogen and oxygen atoms in total. The van der Waals surface area contributed by atoms with Crippen LogP contribution in [0.1, 0.15) is 30.2 Å². The van der Waals surface area contributed by atoms with E-state index in [2.05, 4.69) is 35.5 Å². The quantitative estimate of drug-likeness (QED) is 0.259. The molecule has 0 unspecified atom stereocenters. The Morgan fingerprint density at radius 3 is 2.50 bits per heavy atom. The van der Waals surface area contributed by atoms with Gasteiger partial charge in [0, 0.05) is 35.1 Å². The maximum atomic E-state index is 13.5. The largest absolute Gasteiger partial charge is 0.586 e. The normalized spacial score (nSPS) is 13.2. The molecule has 0 N–H and O–H groups in total. The molecule has 0 radical (unpaired) electrons. The number of hydrogen-bond donors (Lipinski definition) is 0. The highest BCUT2D eigenvalue weighted by Gasteiger charge is 2.43. The van der Waals surface area contributed by atoms with Crippen molar-refractivity contribution < 1.29 is 32.2 Å². The molecule has 0 bridgehead atoms. The summed E-state index contributed by atoms with van der Waals surface area (Å²) in [5.41, 5.74) is 3.06. The minimum Gasteiger partial charge on any atom is -0.464 e. The number of halogens is 3. The molecule has 1 aliphatic rings. The molecule has 11 heteroatoms. The lowest BCUT2D eigenvalue weighted by Gasteiger charge is -2.10. The molecule has 36 heavy (non-hydrogen) atoms. The van der Waals surface area contributed by atoms with Crippen LogP contribution in [0.3, 0.4) is 0 Å². The lowest BCUT2D eigenvalue weighted by atomic mass is 9.98. The summed E-state index contributed by atoms with van der Waals surface area (Å²) >= 11 is 3.49. The summed E-state index contributed by atoms with van der Waals surface area (Å²) in [6, 6.07) is 11.6. The molecule has 0 spiro atoms. The van der Waals surface area contributed by atoms with Crippen LogP contribution in [0.15, 0.2) is 51.4 Å². The first-order valence-corrected chi connectivity index (χ1v) is 11.7. The lowest BCUT2D eigenvalue weighted by Crippen LogP contribution is -2.25. The third-order valence-electron chi connectivity index (χ3n) is 5.19. The molecule has 0 aliphatic carbocycles. The topological polar surface area (TPSA) is 88.6 Å². The summed E-state index contributed by atoms with van der Waals surface area (Å²) in [5.74, 6) is 0.0510. The summed E-state index contributed by atoms with van der Waals surface area (Å²) in [5, 5.41) is 4.24. The monoisotopic (exact) mass is 561 g/mol. The number of ether oxygens (including phenoxy) is 3. The average Bonchev–Trinajstić information content (AvgIpc) is 3.52. The Balaban J connectivity index is 0.00000148. The molecule has 0 atom stereocenters. The van der Waals surface area contributed by atoms with Crippen molar-refractivity contribution in [3.05, 3.63) is 58.5 Å². The van der Waals surface area contributed by atoms with Crippen LogP contribution in [0.4, 0.5) is 8.78 Å². The van der Waals surface area contributed by atoms with Gasteiger partial charge >= 0.3 is 12.3 Å². The Labute approximate surface area is 213 Å². The number of methoxy groups -OCH3 is 1. The van der Waals surface area contributed by atoms with Crippen molar-refractivity contribution in [3.8, 4) is 45.3 Å². The number of benzene rings is 2. The van der Waals surface area contributed by atoms with Crippen LogP contribution in [0.2, 0.25) is 0 Å². The smallest absolute Gasteiger partial charge is 0.464 e. The van der Waals surface area contributed by atoms with Crippen LogP contribution in [-0.2, 0) is 11.8 Å². The summed E-state index contributed by atoms with van der Waals surface area (Å²) in [6.07, 6.45) is -3.72. The maximum absolute atomic E-state index is 13.5. The van der Waals surface area contributed by atoms with Gasteiger partial charge in [0.25, 0.3) is 0 Å². The zero-order valence-electron chi connectivity index (χ0n) is 20.1. The van der Waals surface area contributed by atoms with E-state index < -0.39 is 12.3 Å². The van der Waals surface area contributed by atoms with E-state index in [0.29, 0.717) is 39.7 Å². The Hall–Kier alpha value is -3.73. The molecular formula is C25H22BrF2N3O5. The first-order chi connectivity index (χ1) is 17.1. The number of aryl methyl sites for hydroxylation is 2. The van der Waals surface area contributed by atoms with Gasteiger partial charge in [-0.25, -0.2) is 9.78 Å². The molecule has 2 aromatic carbocycles. The molecule has 4 aromatic rings. The van der Waals surface area contributed by atoms with Gasteiger partial charge in [0.1, 0.15) is 5.69 Å². The fourth-order valence-electron chi connectivity index (χ4n) is 3.75. The predicted molar refractivity (Wildman–Crippen MR) is 131 cm³/mol. The summed E-state index contributed by atoms with van der Waals surface area (Å²) in [4.78, 5) is 16.5. The molecule has 3 heterocycles. The third kappa shape index (κ3) is 4.70. The number of aromatic nitrogens is 3. The van der Waals surface area contributed by atoms with E-state index in [1.54, 1.807) is 30.8 Å². The van der Waals surface area contributed by atoms with Crippen molar-refractivity contribution in [2.75, 3.05) is 7.11 Å². The highest BCUT2D eigenvalue weighted by atomic mass is 79.9. The van der Waals surface area contributed by atoms with Gasteiger partial charge in [0.2, 0.25) is 0 Å². The molecular weight excluding hydrogens is 540 g/mol. The highest BCUT2D eigenvalue weighted by Crippen LogP contribution is 2.45. The Kier molecular flexibility index (Phi) is 6.85. The molecule has 188 valence electrons. The second kappa shape index (κ2) is 9.73. The van der Waals surface area contributed by atoms with Gasteiger partial charge in [-0.05, 0) is 36.4 Å². The van der Waals surface area contributed by atoms with Gasteiger partial charge in [-0.15, -0.1) is 8.78 Å². The Morgan fingerprint density at radius 2 is 1.78 bits per heavy atom. The van der Waals surface area contributed by atoms with Crippen molar-refractivity contribution in [2.45, 2.75) is 27.1 Å². The third-order valence-corrected chi connectivity index (χ3v) is 5.68. The molecule has 0 amide bonds. The number of esters is 1. The second-order valence-corrected chi connectivity index (χ2v) is 8.38. The number of carbonyl (C=O) groups excluding carboxylic acids is 1. The van der Waals surface area contributed by atoms with Crippen LogP contribution in [0, 0.1) is 6.92 Å². The highest BCUT2D eigenvalue weighted by molar-refractivity contribution is 9.10. The molecule has 1 aliphatic heterocycles. The van der Waals surface area contributed by atoms with Crippen molar-refractivity contribution >= 4 is 21.9 Å². The van der Waals surface area contributed by atoms with Gasteiger partial charge in [-0.1, -0.05) is 35.8 Å². The fourth-order valence-corrected chi connectivity index (χ4v) is 4.11. The van der Waals surface area contributed by atoms with Crippen molar-refractivity contribution in [1.29, 1.82) is 0 Å². The minimum absolute atomic E-state index is 0.0658. The van der Waals surface area contributed by atoms with Gasteiger partial charge < -0.3 is 18.6 Å². The van der Waals surface area contributed by atoms with Gasteiger partial charge in [0.15, 0.2) is 28.8 Å². The number of rotatable bonds is 4. The first-order valence-electron chi connectivity index (χ1n) is 11.0. The van der Waals surface area contributed by atoms with E-state index in [9.17, 15) is 13.6 Å². The summed E-state index contributed by atoms with van der Waals surface area (Å²) in [7, 11) is 2.99. The van der Waals surface area contributed by atoms with E-state index in [-0.39, 0.29) is 17.2 Å². The van der Waals surface area contributed by atoms with Crippen LogP contribution < -0.4 is 9.47 Å². The Bertz CT molecular complexity index is 1450. The fraction of sp³-hybridized carbons (Fsp3) is 0.240. The van der Waals surface area contributed by atoms with Crippen LogP contribution in [-0.4, -0.2) is 34.1 Å². The second-order valence-electron chi connectivity index (χ2n) is 7.46. The maximum Gasteiger partial charge on any atom is 0.586 e. The standard InChI is InChI=1S/C23H16BrF2N3O5.C2H6/c1-11-27-20(12-4-7-18-19(8-12)34-23(25,26)33-18)21(32-11)15-9-13(24)5-6-14(15)17-10-16(22(30)31-3)28-29(17)2;1-2/h4-10H,1-3H3;1-2H3. The average molecular weight is 562 g/mol.